The molecule has 0 amide bonds. The van der Waals surface area contributed by atoms with Gasteiger partial charge < -0.3 is 0 Å². The van der Waals surface area contributed by atoms with E-state index in [2.05, 4.69) is 14.9 Å². The summed E-state index contributed by atoms with van der Waals surface area (Å²) in [5.74, 6) is 0. The van der Waals surface area contributed by atoms with Gasteiger partial charge in [-0.05, 0) is 18.9 Å². The van der Waals surface area contributed by atoms with Gasteiger partial charge >= 0.3 is 0 Å². The molecule has 0 radical (unpaired) electrons. The first kappa shape index (κ1) is 10.8. The molecule has 0 aromatic carbocycles. The third-order valence-electron chi connectivity index (χ3n) is 3.53. The largest absolute Gasteiger partial charge is 0.295 e. The van der Waals surface area contributed by atoms with Crippen molar-refractivity contribution in [2.45, 2.75) is 31.7 Å². The van der Waals surface area contributed by atoms with Crippen LogP contribution >= 0.6 is 12.2 Å². The summed E-state index contributed by atoms with van der Waals surface area (Å²) in [5.41, 5.74) is 2.13. The molecule has 17 heavy (non-hydrogen) atoms. The number of aromatic amines is 1. The van der Waals surface area contributed by atoms with Crippen LogP contribution in [0.3, 0.4) is 0 Å². The van der Waals surface area contributed by atoms with Gasteiger partial charge in [0.15, 0.2) is 0 Å². The third-order valence-corrected chi connectivity index (χ3v) is 3.85. The molecule has 1 N–H and O–H groups in total. The standard InChI is InChI=1S/C12H16N4S/c1-15-11(6-7-13-15)10-8-12(17)16(14-10)9-4-2-3-5-9/h6-9,14H,2-5H2,1H3. The smallest absolute Gasteiger partial charge is 0.122 e. The first-order valence-corrected chi connectivity index (χ1v) is 6.46. The highest BCUT2D eigenvalue weighted by atomic mass is 32.1. The van der Waals surface area contributed by atoms with E-state index in [-0.39, 0.29) is 0 Å². The number of aryl methyl sites for hydroxylation is 1. The van der Waals surface area contributed by atoms with Crippen LogP contribution < -0.4 is 0 Å². The Kier molecular flexibility index (Phi) is 2.63. The Morgan fingerprint density at radius 3 is 2.82 bits per heavy atom. The fourth-order valence-electron chi connectivity index (χ4n) is 2.61. The molecule has 2 heterocycles. The molecule has 1 fully saturated rings. The molecule has 0 spiro atoms. The van der Waals surface area contributed by atoms with Gasteiger partial charge in [-0.3, -0.25) is 14.5 Å². The highest BCUT2D eigenvalue weighted by Crippen LogP contribution is 2.30. The highest BCUT2D eigenvalue weighted by Gasteiger charge is 2.18. The number of aromatic nitrogens is 4. The van der Waals surface area contributed by atoms with Crippen LogP contribution in [0, 0.1) is 4.64 Å². The van der Waals surface area contributed by atoms with Gasteiger partial charge in [0.1, 0.15) is 4.64 Å². The summed E-state index contributed by atoms with van der Waals surface area (Å²) >= 11 is 5.43. The molecule has 2 aromatic heterocycles. The van der Waals surface area contributed by atoms with Gasteiger partial charge in [-0.25, -0.2) is 0 Å². The molecule has 0 bridgehead atoms. The Balaban J connectivity index is 2.01. The topological polar surface area (TPSA) is 38.5 Å². The molecule has 0 unspecified atom stereocenters. The van der Waals surface area contributed by atoms with Gasteiger partial charge in [0, 0.05) is 19.3 Å². The fraction of sp³-hybridized carbons (Fsp3) is 0.500. The number of nitrogens with zero attached hydrogens (tertiary/aromatic N) is 3. The minimum atomic E-state index is 0.560. The first-order chi connectivity index (χ1) is 8.25. The maximum atomic E-state index is 5.43. The molecular weight excluding hydrogens is 232 g/mol. The maximum Gasteiger partial charge on any atom is 0.122 e. The van der Waals surface area contributed by atoms with E-state index >= 15 is 0 Å². The molecule has 1 aliphatic carbocycles. The lowest BCUT2D eigenvalue weighted by Crippen LogP contribution is -2.06. The second-order valence-corrected chi connectivity index (χ2v) is 5.07. The SMILES string of the molecule is Cn1nccc1-c1cc(=S)n(C2CCCC2)[nH]1. The van der Waals surface area contributed by atoms with Crippen molar-refractivity contribution < 1.29 is 0 Å². The maximum absolute atomic E-state index is 5.43. The molecule has 1 saturated carbocycles. The second kappa shape index (κ2) is 4.14. The van der Waals surface area contributed by atoms with Crippen LogP contribution in [-0.4, -0.2) is 19.6 Å². The Hall–Kier alpha value is -1.36. The predicted molar refractivity (Wildman–Crippen MR) is 69.3 cm³/mol. The number of hydrogen-bond acceptors (Lipinski definition) is 2. The van der Waals surface area contributed by atoms with Crippen molar-refractivity contribution in [2.24, 2.45) is 7.05 Å². The summed E-state index contributed by atoms with van der Waals surface area (Å²) in [7, 11) is 1.94. The van der Waals surface area contributed by atoms with Crippen LogP contribution in [0.25, 0.3) is 11.4 Å². The van der Waals surface area contributed by atoms with Gasteiger partial charge in [0.05, 0.1) is 17.4 Å². The van der Waals surface area contributed by atoms with Crippen LogP contribution in [0.2, 0.25) is 0 Å². The lowest BCUT2D eigenvalue weighted by atomic mass is 10.3. The van der Waals surface area contributed by atoms with Gasteiger partial charge in [0.25, 0.3) is 0 Å². The Morgan fingerprint density at radius 2 is 2.18 bits per heavy atom. The van der Waals surface area contributed by atoms with Gasteiger partial charge in [-0.15, -0.1) is 0 Å². The summed E-state index contributed by atoms with van der Waals surface area (Å²) in [6.07, 6.45) is 6.90. The van der Waals surface area contributed by atoms with E-state index in [1.165, 1.54) is 25.7 Å². The summed E-state index contributed by atoms with van der Waals surface area (Å²) in [4.78, 5) is 0. The van der Waals surface area contributed by atoms with Gasteiger partial charge in [-0.2, -0.15) is 5.10 Å². The summed E-state index contributed by atoms with van der Waals surface area (Å²) in [6.45, 7) is 0. The lowest BCUT2D eigenvalue weighted by molar-refractivity contribution is 0.463. The lowest BCUT2D eigenvalue weighted by Gasteiger charge is -2.10. The van der Waals surface area contributed by atoms with Gasteiger partial charge in [0.2, 0.25) is 0 Å². The number of H-pyrrole nitrogens is 1. The molecule has 4 nitrogen and oxygen atoms in total. The van der Waals surface area contributed by atoms with Crippen LogP contribution in [0.5, 0.6) is 0 Å². The van der Waals surface area contributed by atoms with E-state index in [0.717, 1.165) is 16.0 Å². The number of nitrogens with one attached hydrogen (secondary N) is 1. The average Bonchev–Trinajstić information content (AvgIpc) is 2.97. The molecule has 1 aliphatic rings. The molecule has 0 saturated heterocycles. The van der Waals surface area contributed by atoms with Crippen molar-refractivity contribution >= 4 is 12.2 Å². The van der Waals surface area contributed by atoms with Gasteiger partial charge in [-0.1, -0.05) is 25.1 Å². The molecular formula is C12H16N4S. The van der Waals surface area contributed by atoms with E-state index in [1.807, 2.05) is 23.9 Å². The van der Waals surface area contributed by atoms with Crippen molar-refractivity contribution in [3.05, 3.63) is 23.0 Å². The first-order valence-electron chi connectivity index (χ1n) is 6.05. The summed E-state index contributed by atoms with van der Waals surface area (Å²) in [6, 6.07) is 4.59. The highest BCUT2D eigenvalue weighted by molar-refractivity contribution is 7.71. The Bertz CT molecular complexity index is 571. The van der Waals surface area contributed by atoms with E-state index in [0.29, 0.717) is 6.04 Å². The van der Waals surface area contributed by atoms with E-state index in [1.54, 1.807) is 6.20 Å². The van der Waals surface area contributed by atoms with Crippen molar-refractivity contribution in [2.75, 3.05) is 0 Å². The van der Waals surface area contributed by atoms with E-state index < -0.39 is 0 Å². The van der Waals surface area contributed by atoms with E-state index in [9.17, 15) is 0 Å². The van der Waals surface area contributed by atoms with Crippen LogP contribution in [0.15, 0.2) is 18.3 Å². The van der Waals surface area contributed by atoms with Crippen molar-refractivity contribution in [3.63, 3.8) is 0 Å². The Morgan fingerprint density at radius 1 is 1.41 bits per heavy atom. The molecule has 5 heteroatoms. The molecule has 0 aliphatic heterocycles. The van der Waals surface area contributed by atoms with E-state index in [4.69, 9.17) is 12.2 Å². The fourth-order valence-corrected chi connectivity index (χ4v) is 2.93. The molecule has 2 aromatic rings. The zero-order chi connectivity index (χ0) is 11.8. The van der Waals surface area contributed by atoms with Crippen molar-refractivity contribution in [1.82, 2.24) is 19.6 Å². The number of hydrogen-bond donors (Lipinski definition) is 1. The normalized spacial score (nSPS) is 16.8. The minimum absolute atomic E-state index is 0.560. The molecule has 0 atom stereocenters. The number of rotatable bonds is 2. The zero-order valence-electron chi connectivity index (χ0n) is 9.89. The Labute approximate surface area is 105 Å². The predicted octanol–water partition coefficient (Wildman–Crippen LogP) is 3.06. The second-order valence-electron chi connectivity index (χ2n) is 4.66. The van der Waals surface area contributed by atoms with Crippen LogP contribution in [0.4, 0.5) is 0 Å². The summed E-state index contributed by atoms with van der Waals surface area (Å²) < 4.78 is 4.90. The zero-order valence-corrected chi connectivity index (χ0v) is 10.7. The quantitative estimate of drug-likeness (QED) is 0.829. The van der Waals surface area contributed by atoms with Crippen LogP contribution in [0.1, 0.15) is 31.7 Å². The minimum Gasteiger partial charge on any atom is -0.295 e. The van der Waals surface area contributed by atoms with Crippen LogP contribution in [-0.2, 0) is 7.05 Å². The molecule has 3 rings (SSSR count). The average molecular weight is 248 g/mol. The monoisotopic (exact) mass is 248 g/mol. The molecule has 90 valence electrons. The third kappa shape index (κ3) is 1.84. The summed E-state index contributed by atoms with van der Waals surface area (Å²) in [5, 5.41) is 7.60. The van der Waals surface area contributed by atoms with Crippen molar-refractivity contribution in [3.8, 4) is 11.4 Å². The van der Waals surface area contributed by atoms with Crippen molar-refractivity contribution in [1.29, 1.82) is 0 Å².